The van der Waals surface area contributed by atoms with Gasteiger partial charge in [0.2, 0.25) is 10.0 Å². The van der Waals surface area contributed by atoms with Gasteiger partial charge < -0.3 is 10.2 Å². The number of nitrogens with one attached hydrogen (secondary N) is 2. The molecule has 1 aliphatic heterocycles. The van der Waals surface area contributed by atoms with Crippen molar-refractivity contribution in [3.63, 3.8) is 0 Å². The van der Waals surface area contributed by atoms with Crippen molar-refractivity contribution in [2.75, 3.05) is 52.6 Å². The van der Waals surface area contributed by atoms with Crippen LogP contribution < -0.4 is 10.0 Å². The summed E-state index contributed by atoms with van der Waals surface area (Å²) in [5.41, 5.74) is 0. The molecule has 24 heavy (non-hydrogen) atoms. The number of hydrogen-bond acceptors (Lipinski definition) is 4. The zero-order valence-electron chi connectivity index (χ0n) is 14.2. The Labute approximate surface area is 141 Å². The number of piperazine rings is 1. The molecule has 1 rings (SSSR count). The Morgan fingerprint density at radius 1 is 1.21 bits per heavy atom. The SMILES string of the molecule is CN=C(NCCCNS(C)(=O)=O)N1CCN(C(C)C(F)(F)F)CC1. The quantitative estimate of drug-likeness (QED) is 0.391. The summed E-state index contributed by atoms with van der Waals surface area (Å²) in [6.07, 6.45) is -2.54. The zero-order chi connectivity index (χ0) is 18.4. The lowest BCUT2D eigenvalue weighted by molar-refractivity contribution is -0.181. The Hall–Kier alpha value is -1.07. The van der Waals surface area contributed by atoms with Gasteiger partial charge in [-0.1, -0.05) is 0 Å². The van der Waals surface area contributed by atoms with E-state index >= 15 is 0 Å². The first-order chi connectivity index (χ1) is 11.0. The lowest BCUT2D eigenvalue weighted by Crippen LogP contribution is -2.56. The Morgan fingerprint density at radius 3 is 2.25 bits per heavy atom. The minimum Gasteiger partial charge on any atom is -0.356 e. The summed E-state index contributed by atoms with van der Waals surface area (Å²) in [4.78, 5) is 7.45. The molecular weight excluding hydrogens is 347 g/mol. The van der Waals surface area contributed by atoms with Gasteiger partial charge in [0, 0.05) is 46.3 Å². The van der Waals surface area contributed by atoms with Crippen molar-refractivity contribution >= 4 is 16.0 Å². The Kier molecular flexibility index (Phi) is 7.74. The third-order valence-corrected chi connectivity index (χ3v) is 4.58. The Balaban J connectivity index is 2.36. The Morgan fingerprint density at radius 2 is 1.79 bits per heavy atom. The second-order valence-electron chi connectivity index (χ2n) is 5.73. The topological polar surface area (TPSA) is 77.0 Å². The maximum Gasteiger partial charge on any atom is 0.403 e. The molecule has 7 nitrogen and oxygen atoms in total. The average molecular weight is 373 g/mol. The molecule has 1 aliphatic rings. The van der Waals surface area contributed by atoms with Crippen molar-refractivity contribution in [2.45, 2.75) is 25.6 Å². The van der Waals surface area contributed by atoms with Gasteiger partial charge in [-0.05, 0) is 13.3 Å². The lowest BCUT2D eigenvalue weighted by atomic mass is 10.2. The molecular formula is C13H26F3N5O2S. The van der Waals surface area contributed by atoms with Crippen molar-refractivity contribution in [2.24, 2.45) is 4.99 Å². The molecule has 0 aliphatic carbocycles. The molecule has 0 bridgehead atoms. The highest BCUT2D eigenvalue weighted by Crippen LogP contribution is 2.25. The summed E-state index contributed by atoms with van der Waals surface area (Å²) >= 11 is 0. The fourth-order valence-corrected chi connectivity index (χ4v) is 2.92. The second kappa shape index (κ2) is 8.86. The third-order valence-electron chi connectivity index (χ3n) is 3.85. The van der Waals surface area contributed by atoms with Crippen LogP contribution in [0.1, 0.15) is 13.3 Å². The molecule has 1 atom stereocenters. The molecule has 2 N–H and O–H groups in total. The van der Waals surface area contributed by atoms with Crippen LogP contribution in [0, 0.1) is 0 Å². The van der Waals surface area contributed by atoms with Crippen LogP contribution in [0.4, 0.5) is 13.2 Å². The first-order valence-corrected chi connectivity index (χ1v) is 9.64. The summed E-state index contributed by atoms with van der Waals surface area (Å²) in [5.74, 6) is 0.619. The normalized spacial score (nSPS) is 19.4. The van der Waals surface area contributed by atoms with Gasteiger partial charge in [-0.3, -0.25) is 9.89 Å². The van der Waals surface area contributed by atoms with E-state index in [4.69, 9.17) is 0 Å². The van der Waals surface area contributed by atoms with Crippen LogP contribution in [0.3, 0.4) is 0 Å². The fourth-order valence-electron chi connectivity index (χ4n) is 2.41. The lowest BCUT2D eigenvalue weighted by Gasteiger charge is -2.39. The summed E-state index contributed by atoms with van der Waals surface area (Å²) in [6.45, 7) is 3.57. The molecule has 1 fully saturated rings. The van der Waals surface area contributed by atoms with E-state index in [2.05, 4.69) is 15.0 Å². The van der Waals surface area contributed by atoms with E-state index in [0.717, 1.165) is 6.26 Å². The largest absolute Gasteiger partial charge is 0.403 e. The van der Waals surface area contributed by atoms with E-state index in [0.29, 0.717) is 51.6 Å². The van der Waals surface area contributed by atoms with Gasteiger partial charge in [0.1, 0.15) is 6.04 Å². The third kappa shape index (κ3) is 7.22. The maximum atomic E-state index is 12.7. The number of alkyl halides is 3. The van der Waals surface area contributed by atoms with Crippen molar-refractivity contribution in [1.29, 1.82) is 0 Å². The standard InChI is InChI=1S/C13H26F3N5O2S/c1-11(13(14,15)16)20-7-9-21(10-8-20)12(17-2)18-5-4-6-19-24(3,22)23/h11,19H,4-10H2,1-3H3,(H,17,18). The molecule has 1 unspecified atom stereocenters. The van der Waals surface area contributed by atoms with Crippen LogP contribution in [-0.2, 0) is 10.0 Å². The minimum atomic E-state index is -4.21. The van der Waals surface area contributed by atoms with Gasteiger partial charge in [-0.2, -0.15) is 13.2 Å². The van der Waals surface area contributed by atoms with Crippen molar-refractivity contribution in [3.8, 4) is 0 Å². The van der Waals surface area contributed by atoms with Crippen molar-refractivity contribution in [3.05, 3.63) is 0 Å². The number of nitrogens with zero attached hydrogens (tertiary/aromatic N) is 3. The summed E-state index contributed by atoms with van der Waals surface area (Å²) < 4.78 is 62.5. The van der Waals surface area contributed by atoms with Gasteiger partial charge in [-0.15, -0.1) is 0 Å². The summed E-state index contributed by atoms with van der Waals surface area (Å²) in [5, 5.41) is 3.10. The van der Waals surface area contributed by atoms with Crippen LogP contribution in [0.5, 0.6) is 0 Å². The van der Waals surface area contributed by atoms with Crippen LogP contribution in [0.15, 0.2) is 4.99 Å². The number of rotatable bonds is 6. The van der Waals surface area contributed by atoms with Gasteiger partial charge in [0.05, 0.1) is 6.26 Å². The highest BCUT2D eigenvalue weighted by atomic mass is 32.2. The summed E-state index contributed by atoms with van der Waals surface area (Å²) in [6, 6.07) is -1.45. The fraction of sp³-hybridized carbons (Fsp3) is 0.923. The molecule has 142 valence electrons. The molecule has 0 spiro atoms. The van der Waals surface area contributed by atoms with E-state index in [9.17, 15) is 21.6 Å². The molecule has 0 radical (unpaired) electrons. The molecule has 11 heteroatoms. The molecule has 0 aromatic rings. The number of sulfonamides is 1. The molecule has 0 aromatic carbocycles. The number of halogens is 3. The number of guanidine groups is 1. The zero-order valence-corrected chi connectivity index (χ0v) is 15.0. The van der Waals surface area contributed by atoms with Crippen LogP contribution in [0.2, 0.25) is 0 Å². The maximum absolute atomic E-state index is 12.7. The average Bonchev–Trinajstić information content (AvgIpc) is 2.48. The van der Waals surface area contributed by atoms with Gasteiger partial charge in [0.15, 0.2) is 5.96 Å². The molecule has 1 saturated heterocycles. The predicted octanol–water partition coefficient (Wildman–Crippen LogP) is 0.0695. The van der Waals surface area contributed by atoms with Gasteiger partial charge in [0.25, 0.3) is 0 Å². The predicted molar refractivity (Wildman–Crippen MR) is 87.5 cm³/mol. The highest BCUT2D eigenvalue weighted by molar-refractivity contribution is 7.88. The molecule has 0 amide bonds. The number of hydrogen-bond donors (Lipinski definition) is 2. The van der Waals surface area contributed by atoms with Crippen molar-refractivity contribution in [1.82, 2.24) is 19.8 Å². The van der Waals surface area contributed by atoms with Crippen LogP contribution in [-0.4, -0.2) is 89.0 Å². The van der Waals surface area contributed by atoms with Gasteiger partial charge >= 0.3 is 6.18 Å². The van der Waals surface area contributed by atoms with E-state index in [1.165, 1.54) is 11.8 Å². The van der Waals surface area contributed by atoms with Gasteiger partial charge in [-0.25, -0.2) is 13.1 Å². The van der Waals surface area contributed by atoms with Crippen LogP contribution in [0.25, 0.3) is 0 Å². The van der Waals surface area contributed by atoms with Crippen molar-refractivity contribution < 1.29 is 21.6 Å². The first kappa shape index (κ1) is 21.0. The second-order valence-corrected chi connectivity index (χ2v) is 7.57. The molecule has 0 aromatic heterocycles. The van der Waals surface area contributed by atoms with Crippen LogP contribution >= 0.6 is 0 Å². The molecule has 0 saturated carbocycles. The molecule has 1 heterocycles. The number of aliphatic imine (C=N–C) groups is 1. The monoisotopic (exact) mass is 373 g/mol. The Bertz CT molecular complexity index is 516. The van der Waals surface area contributed by atoms with E-state index in [-0.39, 0.29) is 0 Å². The summed E-state index contributed by atoms with van der Waals surface area (Å²) in [7, 11) is -1.58. The smallest absolute Gasteiger partial charge is 0.356 e. The minimum absolute atomic E-state index is 0.316. The van der Waals surface area contributed by atoms with E-state index in [1.807, 2.05) is 4.90 Å². The van der Waals surface area contributed by atoms with E-state index < -0.39 is 22.2 Å². The first-order valence-electron chi connectivity index (χ1n) is 7.75. The van der Waals surface area contributed by atoms with E-state index in [1.54, 1.807) is 7.05 Å². The highest BCUT2D eigenvalue weighted by Gasteiger charge is 2.41.